The fourth-order valence-corrected chi connectivity index (χ4v) is 2.97. The Hall–Kier alpha value is -0.670. The molecule has 0 aliphatic rings. The highest BCUT2D eigenvalue weighted by Crippen LogP contribution is 2.18. The maximum absolute atomic E-state index is 11.2. The molecule has 0 aliphatic carbocycles. The third-order valence-corrected chi connectivity index (χ3v) is 4.46. The van der Waals surface area contributed by atoms with Crippen molar-refractivity contribution in [1.29, 1.82) is 0 Å². The van der Waals surface area contributed by atoms with E-state index in [-0.39, 0.29) is 0 Å². The van der Waals surface area contributed by atoms with Gasteiger partial charge in [0.2, 0.25) is 0 Å². The zero-order valence-corrected chi connectivity index (χ0v) is 12.7. The number of hydrogen-bond donors (Lipinski definition) is 0. The van der Waals surface area contributed by atoms with Crippen molar-refractivity contribution in [2.75, 3.05) is 25.6 Å². The first kappa shape index (κ1) is 15.4. The average molecular weight is 267 g/mol. The normalized spacial score (nSPS) is 16.5. The Balaban J connectivity index is 2.38. The van der Waals surface area contributed by atoms with Crippen molar-refractivity contribution in [3.63, 3.8) is 0 Å². The number of rotatable bonds is 7. The SMILES string of the molecule is C[C@H](CCN(C)[C@H](C)C[S@@](C)=O)c1ccccc1. The van der Waals surface area contributed by atoms with Crippen LogP contribution in [0, 0.1) is 0 Å². The Labute approximate surface area is 114 Å². The smallest absolute Gasteiger partial charge is 0.0385 e. The fraction of sp³-hybridized carbons (Fsp3) is 0.600. The lowest BCUT2D eigenvalue weighted by molar-refractivity contribution is 0.267. The van der Waals surface area contributed by atoms with Crippen molar-refractivity contribution >= 4 is 10.8 Å². The van der Waals surface area contributed by atoms with Crippen LogP contribution in [0.3, 0.4) is 0 Å². The van der Waals surface area contributed by atoms with Gasteiger partial charge in [-0.3, -0.25) is 4.21 Å². The van der Waals surface area contributed by atoms with E-state index in [2.05, 4.69) is 56.1 Å². The molecule has 18 heavy (non-hydrogen) atoms. The van der Waals surface area contributed by atoms with Crippen molar-refractivity contribution < 1.29 is 4.21 Å². The van der Waals surface area contributed by atoms with E-state index in [1.54, 1.807) is 6.26 Å². The second kappa shape index (κ2) is 7.70. The first-order chi connectivity index (χ1) is 8.50. The highest BCUT2D eigenvalue weighted by molar-refractivity contribution is 7.84. The number of benzene rings is 1. The van der Waals surface area contributed by atoms with Crippen LogP contribution in [-0.2, 0) is 10.8 Å². The monoisotopic (exact) mass is 267 g/mol. The van der Waals surface area contributed by atoms with Gasteiger partial charge in [-0.25, -0.2) is 0 Å². The highest BCUT2D eigenvalue weighted by Gasteiger charge is 2.12. The van der Waals surface area contributed by atoms with Gasteiger partial charge in [0.25, 0.3) is 0 Å². The third-order valence-electron chi connectivity index (χ3n) is 3.51. The van der Waals surface area contributed by atoms with Crippen LogP contribution in [0.4, 0.5) is 0 Å². The molecule has 0 N–H and O–H groups in total. The summed E-state index contributed by atoms with van der Waals surface area (Å²) in [7, 11) is 1.41. The zero-order chi connectivity index (χ0) is 13.5. The summed E-state index contributed by atoms with van der Waals surface area (Å²) in [5.74, 6) is 1.34. The summed E-state index contributed by atoms with van der Waals surface area (Å²) >= 11 is 0. The quantitative estimate of drug-likeness (QED) is 0.757. The van der Waals surface area contributed by atoms with E-state index in [0.717, 1.165) is 18.7 Å². The van der Waals surface area contributed by atoms with Crippen LogP contribution >= 0.6 is 0 Å². The van der Waals surface area contributed by atoms with Crippen LogP contribution in [0.1, 0.15) is 31.7 Å². The lowest BCUT2D eigenvalue weighted by Crippen LogP contribution is -2.34. The first-order valence-corrected chi connectivity index (χ1v) is 8.28. The van der Waals surface area contributed by atoms with Gasteiger partial charge in [0, 0.05) is 28.9 Å². The summed E-state index contributed by atoms with van der Waals surface area (Å²) in [6, 6.07) is 11.0. The van der Waals surface area contributed by atoms with Crippen molar-refractivity contribution in [3.8, 4) is 0 Å². The minimum absolute atomic E-state index is 0.388. The predicted octanol–water partition coefficient (Wildman–Crippen LogP) is 2.88. The van der Waals surface area contributed by atoms with E-state index in [4.69, 9.17) is 0 Å². The van der Waals surface area contributed by atoms with Gasteiger partial charge in [-0.2, -0.15) is 0 Å². The van der Waals surface area contributed by atoms with Crippen molar-refractivity contribution in [2.24, 2.45) is 0 Å². The largest absolute Gasteiger partial charge is 0.303 e. The molecule has 1 aromatic carbocycles. The van der Waals surface area contributed by atoms with E-state index in [9.17, 15) is 4.21 Å². The Morgan fingerprint density at radius 3 is 2.39 bits per heavy atom. The van der Waals surface area contributed by atoms with Gasteiger partial charge >= 0.3 is 0 Å². The molecule has 0 saturated carbocycles. The molecule has 0 spiro atoms. The molecule has 0 fully saturated rings. The number of nitrogens with zero attached hydrogens (tertiary/aromatic N) is 1. The molecule has 0 amide bonds. The van der Waals surface area contributed by atoms with Crippen molar-refractivity contribution in [2.45, 2.75) is 32.2 Å². The molecule has 1 rings (SSSR count). The first-order valence-electron chi connectivity index (χ1n) is 6.56. The Kier molecular flexibility index (Phi) is 6.58. The fourth-order valence-electron chi connectivity index (χ4n) is 2.03. The van der Waals surface area contributed by atoms with E-state index < -0.39 is 10.8 Å². The molecular formula is C15H25NOS. The average Bonchev–Trinajstić information content (AvgIpc) is 2.35. The second-order valence-electron chi connectivity index (χ2n) is 5.17. The molecule has 1 aromatic rings. The molecule has 3 atom stereocenters. The minimum atomic E-state index is -0.708. The summed E-state index contributed by atoms with van der Waals surface area (Å²) < 4.78 is 11.2. The van der Waals surface area contributed by atoms with Gasteiger partial charge in [0.05, 0.1) is 0 Å². The molecule has 0 aromatic heterocycles. The Bertz CT molecular complexity index is 366. The van der Waals surface area contributed by atoms with Gasteiger partial charge in [0.15, 0.2) is 0 Å². The standard InChI is InChI=1S/C15H25NOS/c1-13(15-8-6-5-7-9-15)10-11-16(3)14(2)12-18(4)17/h5-9,13-14H,10-12H2,1-4H3/t13-,14-,18-/m1/s1. The van der Waals surface area contributed by atoms with Crippen LogP contribution in [0.25, 0.3) is 0 Å². The summed E-state index contributed by atoms with van der Waals surface area (Å²) in [4.78, 5) is 2.31. The van der Waals surface area contributed by atoms with Gasteiger partial charge < -0.3 is 4.90 Å². The Morgan fingerprint density at radius 2 is 1.83 bits per heavy atom. The molecule has 2 nitrogen and oxygen atoms in total. The zero-order valence-electron chi connectivity index (χ0n) is 11.9. The number of hydrogen-bond acceptors (Lipinski definition) is 2. The summed E-state index contributed by atoms with van der Waals surface area (Å²) in [6.07, 6.45) is 2.91. The predicted molar refractivity (Wildman–Crippen MR) is 80.5 cm³/mol. The van der Waals surface area contributed by atoms with E-state index in [0.29, 0.717) is 12.0 Å². The maximum Gasteiger partial charge on any atom is 0.0385 e. The van der Waals surface area contributed by atoms with Crippen LogP contribution in [0.5, 0.6) is 0 Å². The van der Waals surface area contributed by atoms with Crippen LogP contribution in [-0.4, -0.2) is 40.8 Å². The van der Waals surface area contributed by atoms with E-state index >= 15 is 0 Å². The van der Waals surface area contributed by atoms with Gasteiger partial charge in [-0.05, 0) is 38.4 Å². The lowest BCUT2D eigenvalue weighted by Gasteiger charge is -2.25. The topological polar surface area (TPSA) is 20.3 Å². The molecule has 3 heteroatoms. The van der Waals surface area contributed by atoms with Crippen molar-refractivity contribution in [1.82, 2.24) is 4.90 Å². The van der Waals surface area contributed by atoms with Crippen LogP contribution < -0.4 is 0 Å². The van der Waals surface area contributed by atoms with Gasteiger partial charge in [-0.15, -0.1) is 0 Å². The second-order valence-corrected chi connectivity index (χ2v) is 6.65. The molecule has 0 unspecified atom stereocenters. The summed E-state index contributed by atoms with van der Waals surface area (Å²) in [5, 5.41) is 0. The van der Waals surface area contributed by atoms with Crippen LogP contribution in [0.2, 0.25) is 0 Å². The van der Waals surface area contributed by atoms with Crippen LogP contribution in [0.15, 0.2) is 30.3 Å². The van der Waals surface area contributed by atoms with Crippen molar-refractivity contribution in [3.05, 3.63) is 35.9 Å². The lowest BCUT2D eigenvalue weighted by atomic mass is 9.97. The molecule has 0 heterocycles. The minimum Gasteiger partial charge on any atom is -0.303 e. The Morgan fingerprint density at radius 1 is 1.22 bits per heavy atom. The maximum atomic E-state index is 11.2. The molecular weight excluding hydrogens is 242 g/mol. The van der Waals surface area contributed by atoms with E-state index in [1.165, 1.54) is 5.56 Å². The molecule has 0 radical (unpaired) electrons. The molecule has 0 aliphatic heterocycles. The van der Waals surface area contributed by atoms with Gasteiger partial charge in [-0.1, -0.05) is 37.3 Å². The van der Waals surface area contributed by atoms with Gasteiger partial charge in [0.1, 0.15) is 0 Å². The summed E-state index contributed by atoms with van der Waals surface area (Å²) in [6.45, 7) is 5.47. The molecule has 102 valence electrons. The molecule has 0 saturated heterocycles. The molecule has 0 bridgehead atoms. The van der Waals surface area contributed by atoms with E-state index in [1.807, 2.05) is 0 Å². The highest BCUT2D eigenvalue weighted by atomic mass is 32.2. The third kappa shape index (κ3) is 5.32. The summed E-state index contributed by atoms with van der Waals surface area (Å²) in [5.41, 5.74) is 1.40.